The molecule has 0 radical (unpaired) electrons. The fraction of sp³-hybridized carbons (Fsp3) is 1.00. The molecule has 0 spiro atoms. The van der Waals surface area contributed by atoms with E-state index in [1.807, 2.05) is 0 Å². The Morgan fingerprint density at radius 2 is 1.00 bits per heavy atom. The van der Waals surface area contributed by atoms with E-state index in [1.165, 1.54) is 83.5 Å². The Hall–Kier alpha value is 0.757. The molecule has 0 saturated carbocycles. The van der Waals surface area contributed by atoms with E-state index < -0.39 is 8.32 Å². The summed E-state index contributed by atoms with van der Waals surface area (Å²) in [5, 5.41) is 0. The van der Waals surface area contributed by atoms with Crippen LogP contribution < -0.4 is 0 Å². The summed E-state index contributed by atoms with van der Waals surface area (Å²) in [6.07, 6.45) is 18.1. The van der Waals surface area contributed by atoms with Gasteiger partial charge in [-0.1, -0.05) is 90.4 Å². The molecule has 0 atom stereocenters. The quantitative estimate of drug-likeness (QED) is 0.149. The highest BCUT2D eigenvalue weighted by Gasteiger charge is 2.31. The number of alkyl halides is 2. The lowest BCUT2D eigenvalue weighted by atomic mass is 10.1. The van der Waals surface area contributed by atoms with Crippen molar-refractivity contribution in [2.45, 2.75) is 96.4 Å². The fourth-order valence-electron chi connectivity index (χ4n) is 2.85. The van der Waals surface area contributed by atoms with Crippen LogP contribution in [0.4, 0.5) is 0 Å². The molecule has 0 aromatic rings. The van der Waals surface area contributed by atoms with E-state index in [-0.39, 0.29) is 0 Å². The van der Waals surface area contributed by atoms with Crippen molar-refractivity contribution in [3.63, 3.8) is 0 Å². The summed E-state index contributed by atoms with van der Waals surface area (Å²) in [7, 11) is -0.00970. The molecule has 0 aromatic carbocycles. The van der Waals surface area contributed by atoms with Gasteiger partial charge in [0.05, 0.1) is 0 Å². The molecule has 0 amide bonds. The molecule has 0 unspecified atom stereocenters. The normalized spacial score (nSPS) is 12.0. The van der Waals surface area contributed by atoms with Crippen LogP contribution in [0.3, 0.4) is 0 Å². The lowest BCUT2D eigenvalue weighted by Gasteiger charge is -2.24. The Labute approximate surface area is 150 Å². The fourth-order valence-corrected chi connectivity index (χ4v) is 6.81. The van der Waals surface area contributed by atoms with E-state index in [2.05, 4.69) is 6.92 Å². The zero-order chi connectivity index (χ0) is 16.5. The highest BCUT2D eigenvalue weighted by molar-refractivity contribution is 6.84. The van der Waals surface area contributed by atoms with Crippen LogP contribution in [0.25, 0.3) is 0 Å². The molecule has 0 N–H and O–H groups in total. The largest absolute Gasteiger partial charge is 0.418 e. The first kappa shape index (κ1) is 22.8. The van der Waals surface area contributed by atoms with Crippen molar-refractivity contribution in [2.75, 3.05) is 18.1 Å². The van der Waals surface area contributed by atoms with Gasteiger partial charge in [-0.15, -0.1) is 23.2 Å². The zero-order valence-electron chi connectivity index (χ0n) is 15.0. The molecule has 134 valence electrons. The van der Waals surface area contributed by atoms with Crippen molar-refractivity contribution in [1.29, 1.82) is 0 Å². The van der Waals surface area contributed by atoms with Gasteiger partial charge >= 0.3 is 0 Å². The van der Waals surface area contributed by atoms with Crippen LogP contribution in [0.2, 0.25) is 6.04 Å². The summed E-state index contributed by atoms with van der Waals surface area (Å²) < 4.78 is 5.62. The van der Waals surface area contributed by atoms with E-state index >= 15 is 0 Å². The number of hydrogen-bond donors (Lipinski definition) is 0. The smallest absolute Gasteiger partial charge is 0.221 e. The van der Waals surface area contributed by atoms with Gasteiger partial charge in [0.1, 0.15) is 0 Å². The minimum Gasteiger partial charge on any atom is -0.418 e. The first-order chi connectivity index (χ1) is 10.7. The van der Waals surface area contributed by atoms with Gasteiger partial charge in [-0.05, 0) is 6.04 Å². The summed E-state index contributed by atoms with van der Waals surface area (Å²) in [6.45, 7) is 2.28. The monoisotopic (exact) mass is 368 g/mol. The van der Waals surface area contributed by atoms with Gasteiger partial charge in [0.2, 0.25) is 8.32 Å². The van der Waals surface area contributed by atoms with Gasteiger partial charge in [-0.25, -0.2) is 0 Å². The zero-order valence-corrected chi connectivity index (χ0v) is 17.5. The Bertz CT molecular complexity index is 215. The molecule has 0 rings (SSSR count). The van der Waals surface area contributed by atoms with Gasteiger partial charge in [0, 0.05) is 18.1 Å². The molecule has 0 aliphatic heterocycles. The summed E-state index contributed by atoms with van der Waals surface area (Å²) in [4.78, 5) is 0. The van der Waals surface area contributed by atoms with Crippen molar-refractivity contribution >= 4 is 31.5 Å². The van der Waals surface area contributed by atoms with Crippen LogP contribution in [0.15, 0.2) is 0 Å². The topological polar surface area (TPSA) is 9.23 Å². The Balaban J connectivity index is 3.27. The van der Waals surface area contributed by atoms with Crippen LogP contribution in [-0.4, -0.2) is 26.4 Å². The van der Waals surface area contributed by atoms with Gasteiger partial charge in [-0.2, -0.15) is 0 Å². The molecule has 1 nitrogen and oxygen atoms in total. The lowest BCUT2D eigenvalue weighted by molar-refractivity contribution is 0.398. The number of rotatable bonds is 17. The van der Waals surface area contributed by atoms with E-state index in [1.54, 1.807) is 7.11 Å². The van der Waals surface area contributed by atoms with Crippen LogP contribution in [0, 0.1) is 0 Å². The second kappa shape index (κ2) is 16.6. The molecule has 4 heteroatoms. The molecule has 0 heterocycles. The van der Waals surface area contributed by atoms with Crippen LogP contribution in [0.1, 0.15) is 90.4 Å². The lowest BCUT2D eigenvalue weighted by Crippen LogP contribution is -2.42. The highest BCUT2D eigenvalue weighted by atomic mass is 35.5. The van der Waals surface area contributed by atoms with Gasteiger partial charge in [0.25, 0.3) is 0 Å². The maximum Gasteiger partial charge on any atom is 0.221 e. The Morgan fingerprint density at radius 3 is 1.32 bits per heavy atom. The molecule has 0 bridgehead atoms. The standard InChI is InChI=1S/C18H38Cl2OSi/c1-3-4-5-6-7-8-9-10-11-12-13-14-15-16-22(17-19,18-20)21-2/h3-18H2,1-2H3. The van der Waals surface area contributed by atoms with Gasteiger partial charge in [0.15, 0.2) is 0 Å². The summed E-state index contributed by atoms with van der Waals surface area (Å²) in [5.41, 5.74) is 1.26. The number of hydrogen-bond acceptors (Lipinski definition) is 1. The SMILES string of the molecule is CCCCCCCCCCCCCCC[Si](CCl)(CCl)OC. The van der Waals surface area contributed by atoms with Gasteiger partial charge < -0.3 is 4.43 Å². The third kappa shape index (κ3) is 12.2. The van der Waals surface area contributed by atoms with Crippen LogP contribution in [0.5, 0.6) is 0 Å². The maximum absolute atomic E-state index is 6.03. The van der Waals surface area contributed by atoms with Crippen molar-refractivity contribution in [3.05, 3.63) is 0 Å². The predicted octanol–water partition coefficient (Wildman–Crippen LogP) is 7.23. The second-order valence-corrected chi connectivity index (χ2v) is 12.1. The molecular weight excluding hydrogens is 331 g/mol. The number of unbranched alkanes of at least 4 members (excludes halogenated alkanes) is 12. The maximum atomic E-state index is 6.03. The third-order valence-electron chi connectivity index (χ3n) is 4.66. The highest BCUT2D eigenvalue weighted by Crippen LogP contribution is 2.20. The molecule has 0 aromatic heterocycles. The first-order valence-corrected chi connectivity index (χ1v) is 13.0. The molecule has 0 aliphatic rings. The van der Waals surface area contributed by atoms with Gasteiger partial charge in [-0.3, -0.25) is 0 Å². The van der Waals surface area contributed by atoms with E-state index in [0.29, 0.717) is 11.0 Å². The third-order valence-corrected chi connectivity index (χ3v) is 10.7. The first-order valence-electron chi connectivity index (χ1n) is 9.41. The minimum absolute atomic E-state index is 0.630. The Kier molecular flexibility index (Phi) is 17.2. The van der Waals surface area contributed by atoms with E-state index in [0.717, 1.165) is 6.04 Å². The van der Waals surface area contributed by atoms with Crippen LogP contribution >= 0.6 is 23.2 Å². The molecule has 0 fully saturated rings. The molecular formula is C18H38Cl2OSi. The predicted molar refractivity (Wildman–Crippen MR) is 105 cm³/mol. The summed E-state index contributed by atoms with van der Waals surface area (Å²) >= 11 is 12.1. The molecule has 0 saturated heterocycles. The summed E-state index contributed by atoms with van der Waals surface area (Å²) in [5.74, 6) is 0. The van der Waals surface area contributed by atoms with E-state index in [4.69, 9.17) is 27.6 Å². The molecule has 0 aliphatic carbocycles. The molecule has 22 heavy (non-hydrogen) atoms. The average molecular weight is 369 g/mol. The summed E-state index contributed by atoms with van der Waals surface area (Å²) in [6, 6.07) is 1.12. The van der Waals surface area contributed by atoms with Crippen LogP contribution in [-0.2, 0) is 4.43 Å². The number of halogens is 2. The van der Waals surface area contributed by atoms with E-state index in [9.17, 15) is 0 Å². The average Bonchev–Trinajstić information content (AvgIpc) is 2.56. The second-order valence-electron chi connectivity index (χ2n) is 6.65. The van der Waals surface area contributed by atoms with Crippen molar-refractivity contribution in [2.24, 2.45) is 0 Å². The van der Waals surface area contributed by atoms with Crippen molar-refractivity contribution < 1.29 is 4.43 Å². The van der Waals surface area contributed by atoms with Crippen molar-refractivity contribution in [3.8, 4) is 0 Å². The minimum atomic E-state index is -1.79. The van der Waals surface area contributed by atoms with Crippen molar-refractivity contribution in [1.82, 2.24) is 0 Å². The Morgan fingerprint density at radius 1 is 0.636 bits per heavy atom.